The summed E-state index contributed by atoms with van der Waals surface area (Å²) in [5.74, 6) is -2.58. The van der Waals surface area contributed by atoms with Crippen molar-refractivity contribution in [2.75, 3.05) is 5.32 Å². The smallest absolute Gasteiger partial charge is 0.279 e. The van der Waals surface area contributed by atoms with Crippen LogP contribution >= 0.6 is 0 Å². The Morgan fingerprint density at radius 1 is 1.00 bits per heavy atom. The van der Waals surface area contributed by atoms with Gasteiger partial charge in [-0.25, -0.2) is 18.7 Å². The van der Waals surface area contributed by atoms with Crippen LogP contribution in [0.4, 0.5) is 14.5 Å². The van der Waals surface area contributed by atoms with Crippen molar-refractivity contribution in [2.45, 2.75) is 33.8 Å². The lowest BCUT2D eigenvalue weighted by Gasteiger charge is -2.14. The molecule has 0 radical (unpaired) electrons. The number of benzene rings is 2. The number of carbonyl (C=O) groups excluding carboxylic acids is 1. The number of anilines is 1. The van der Waals surface area contributed by atoms with E-state index in [1.54, 1.807) is 0 Å². The molecule has 0 aliphatic rings. The van der Waals surface area contributed by atoms with Gasteiger partial charge in [-0.15, -0.1) is 0 Å². The Balaban J connectivity index is 2.05. The van der Waals surface area contributed by atoms with E-state index in [9.17, 15) is 13.6 Å². The van der Waals surface area contributed by atoms with Gasteiger partial charge < -0.3 is 10.1 Å². The molecule has 0 fully saturated rings. The fourth-order valence-corrected chi connectivity index (χ4v) is 2.51. The van der Waals surface area contributed by atoms with Crippen LogP contribution in [0, 0.1) is 25.5 Å². The van der Waals surface area contributed by atoms with E-state index in [1.807, 2.05) is 39.8 Å². The van der Waals surface area contributed by atoms with Crippen molar-refractivity contribution in [2.24, 2.45) is 0 Å². The number of rotatable bonds is 4. The summed E-state index contributed by atoms with van der Waals surface area (Å²) in [6, 6.07) is 6.82. The quantitative estimate of drug-likeness (QED) is 0.730. The Hall–Kier alpha value is -3.09. The number of aromatic nitrogens is 2. The number of hydrogen-bond donors (Lipinski definition) is 1. The summed E-state index contributed by atoms with van der Waals surface area (Å²) < 4.78 is 32.1. The number of aryl methyl sites for hydroxylation is 2. The minimum atomic E-state index is -1.05. The lowest BCUT2D eigenvalue weighted by molar-refractivity contribution is 0.101. The Kier molecular flexibility index (Phi) is 5.03. The molecule has 1 N–H and O–H groups in total. The maximum atomic E-state index is 13.4. The highest BCUT2D eigenvalue weighted by Crippen LogP contribution is 2.24. The van der Waals surface area contributed by atoms with E-state index in [4.69, 9.17) is 4.74 Å². The van der Waals surface area contributed by atoms with Crippen molar-refractivity contribution in [1.29, 1.82) is 0 Å². The fourth-order valence-electron chi connectivity index (χ4n) is 2.51. The second-order valence-corrected chi connectivity index (χ2v) is 6.55. The highest BCUT2D eigenvalue weighted by atomic mass is 19.2. The van der Waals surface area contributed by atoms with Gasteiger partial charge in [0.2, 0.25) is 5.88 Å². The SMILES string of the molecule is Cc1cc2nc(OC(C)C)c(C(=O)Nc3ccc(F)c(F)c3)nc2cc1C. The van der Waals surface area contributed by atoms with E-state index in [1.165, 1.54) is 6.07 Å². The second kappa shape index (κ2) is 7.26. The molecule has 0 unspecified atom stereocenters. The molecule has 3 aromatic rings. The van der Waals surface area contributed by atoms with Crippen LogP contribution in [0.3, 0.4) is 0 Å². The molecule has 5 nitrogen and oxygen atoms in total. The van der Waals surface area contributed by atoms with Crippen LogP contribution in [0.1, 0.15) is 35.5 Å². The molecule has 140 valence electrons. The zero-order valence-electron chi connectivity index (χ0n) is 15.4. The first-order chi connectivity index (χ1) is 12.7. The largest absolute Gasteiger partial charge is 0.473 e. The summed E-state index contributed by atoms with van der Waals surface area (Å²) in [7, 11) is 0. The van der Waals surface area contributed by atoms with Gasteiger partial charge in [-0.05, 0) is 63.1 Å². The van der Waals surface area contributed by atoms with E-state index in [0.717, 1.165) is 23.3 Å². The molecule has 0 bridgehead atoms. The predicted octanol–water partition coefficient (Wildman–Crippen LogP) is 4.56. The predicted molar refractivity (Wildman–Crippen MR) is 99.1 cm³/mol. The molecule has 1 heterocycles. The van der Waals surface area contributed by atoms with E-state index >= 15 is 0 Å². The lowest BCUT2D eigenvalue weighted by atomic mass is 10.1. The third-order valence-corrected chi connectivity index (χ3v) is 3.99. The summed E-state index contributed by atoms with van der Waals surface area (Å²) in [6.07, 6.45) is -0.224. The summed E-state index contributed by atoms with van der Waals surface area (Å²) in [5.41, 5.74) is 3.30. The van der Waals surface area contributed by atoms with Crippen LogP contribution in [0.15, 0.2) is 30.3 Å². The molecule has 1 aromatic heterocycles. The van der Waals surface area contributed by atoms with Gasteiger partial charge in [0.15, 0.2) is 17.3 Å². The topological polar surface area (TPSA) is 64.1 Å². The molecule has 0 saturated heterocycles. The van der Waals surface area contributed by atoms with Crippen LogP contribution in [0.2, 0.25) is 0 Å². The van der Waals surface area contributed by atoms with Gasteiger partial charge in [0.25, 0.3) is 5.91 Å². The highest BCUT2D eigenvalue weighted by molar-refractivity contribution is 6.05. The zero-order valence-corrected chi connectivity index (χ0v) is 15.4. The molecule has 3 rings (SSSR count). The van der Waals surface area contributed by atoms with Crippen molar-refractivity contribution in [3.05, 3.63) is 58.8 Å². The van der Waals surface area contributed by atoms with Crippen molar-refractivity contribution in [3.63, 3.8) is 0 Å². The van der Waals surface area contributed by atoms with Crippen LogP contribution in [0.25, 0.3) is 11.0 Å². The molecule has 0 aliphatic carbocycles. The number of hydrogen-bond acceptors (Lipinski definition) is 4. The summed E-state index contributed by atoms with van der Waals surface area (Å²) in [5, 5.41) is 2.50. The van der Waals surface area contributed by atoms with Gasteiger partial charge in [0.05, 0.1) is 17.1 Å². The van der Waals surface area contributed by atoms with Gasteiger partial charge in [-0.2, -0.15) is 0 Å². The Labute approximate surface area is 155 Å². The average Bonchev–Trinajstić information content (AvgIpc) is 2.58. The Morgan fingerprint density at radius 2 is 1.63 bits per heavy atom. The monoisotopic (exact) mass is 371 g/mol. The lowest BCUT2D eigenvalue weighted by Crippen LogP contribution is -2.19. The number of carbonyl (C=O) groups is 1. The summed E-state index contributed by atoms with van der Waals surface area (Å²) >= 11 is 0. The van der Waals surface area contributed by atoms with Gasteiger partial charge in [-0.3, -0.25) is 4.79 Å². The average molecular weight is 371 g/mol. The van der Waals surface area contributed by atoms with E-state index in [0.29, 0.717) is 11.0 Å². The number of nitrogens with one attached hydrogen (secondary N) is 1. The number of fused-ring (bicyclic) bond motifs is 1. The molecule has 27 heavy (non-hydrogen) atoms. The van der Waals surface area contributed by atoms with Crippen LogP contribution in [-0.2, 0) is 0 Å². The third-order valence-electron chi connectivity index (χ3n) is 3.99. The van der Waals surface area contributed by atoms with Gasteiger partial charge in [-0.1, -0.05) is 0 Å². The van der Waals surface area contributed by atoms with Crippen molar-refractivity contribution >= 4 is 22.6 Å². The first kappa shape index (κ1) is 18.7. The molecule has 0 saturated carbocycles. The number of amides is 1. The molecule has 0 atom stereocenters. The molecule has 0 spiro atoms. The van der Waals surface area contributed by atoms with E-state index in [-0.39, 0.29) is 23.4 Å². The van der Waals surface area contributed by atoms with Crippen LogP contribution < -0.4 is 10.1 Å². The van der Waals surface area contributed by atoms with Crippen molar-refractivity contribution in [1.82, 2.24) is 9.97 Å². The third kappa shape index (κ3) is 4.02. The van der Waals surface area contributed by atoms with Gasteiger partial charge in [0.1, 0.15) is 0 Å². The van der Waals surface area contributed by atoms with E-state index < -0.39 is 17.5 Å². The van der Waals surface area contributed by atoms with Gasteiger partial charge in [0, 0.05) is 11.8 Å². The van der Waals surface area contributed by atoms with Gasteiger partial charge >= 0.3 is 0 Å². The van der Waals surface area contributed by atoms with E-state index in [2.05, 4.69) is 15.3 Å². The standard InChI is InChI=1S/C20H19F2N3O2/c1-10(2)27-20-18(19(26)23-13-5-6-14(21)15(22)9-13)24-16-7-11(3)12(4)8-17(16)25-20/h5-10H,1-4H3,(H,23,26). The minimum absolute atomic E-state index is 0.0239. The maximum Gasteiger partial charge on any atom is 0.279 e. The fraction of sp³-hybridized carbons (Fsp3) is 0.250. The second-order valence-electron chi connectivity index (χ2n) is 6.55. The van der Waals surface area contributed by atoms with Crippen molar-refractivity contribution in [3.8, 4) is 5.88 Å². The molecule has 2 aromatic carbocycles. The van der Waals surface area contributed by atoms with Crippen LogP contribution in [-0.4, -0.2) is 22.0 Å². The maximum absolute atomic E-state index is 13.4. The number of halogens is 2. The van der Waals surface area contributed by atoms with Crippen LogP contribution in [0.5, 0.6) is 5.88 Å². The molecular formula is C20H19F2N3O2. The Bertz CT molecular complexity index is 1040. The number of nitrogens with zero attached hydrogens (tertiary/aromatic N) is 2. The molecule has 1 amide bonds. The molecular weight excluding hydrogens is 352 g/mol. The minimum Gasteiger partial charge on any atom is -0.473 e. The Morgan fingerprint density at radius 3 is 2.22 bits per heavy atom. The normalized spacial score (nSPS) is 11.1. The zero-order chi connectivity index (χ0) is 19.7. The summed E-state index contributed by atoms with van der Waals surface area (Å²) in [6.45, 7) is 7.52. The highest BCUT2D eigenvalue weighted by Gasteiger charge is 2.20. The molecule has 7 heteroatoms. The first-order valence-corrected chi connectivity index (χ1v) is 8.46. The number of ether oxygens (including phenoxy) is 1. The summed E-state index contributed by atoms with van der Waals surface area (Å²) in [4.78, 5) is 21.5. The molecule has 0 aliphatic heterocycles. The first-order valence-electron chi connectivity index (χ1n) is 8.46. The van der Waals surface area contributed by atoms with Crippen molar-refractivity contribution < 1.29 is 18.3 Å².